The lowest BCUT2D eigenvalue weighted by Gasteiger charge is -2.13. The van der Waals surface area contributed by atoms with Gasteiger partial charge in [-0.25, -0.2) is 8.42 Å². The molecule has 4 aromatic rings. The average Bonchev–Trinajstić information content (AvgIpc) is 3.39. The first-order valence-electron chi connectivity index (χ1n) is 10.3. The first-order valence-corrected chi connectivity index (χ1v) is 11.8. The fourth-order valence-electron chi connectivity index (χ4n) is 3.35. The van der Waals surface area contributed by atoms with E-state index < -0.39 is 20.9 Å². The third kappa shape index (κ3) is 5.31. The quantitative estimate of drug-likeness (QED) is 0.276. The number of rotatable bonds is 8. The molecule has 4 rings (SSSR count). The van der Waals surface area contributed by atoms with Crippen molar-refractivity contribution < 1.29 is 22.9 Å². The molecule has 1 heterocycles. The number of carbonyl (C=O) groups is 1. The molecular weight excluding hydrogens is 472 g/mol. The maximum Gasteiger partial charge on any atom is 0.271 e. The van der Waals surface area contributed by atoms with Crippen LogP contribution in [0.3, 0.4) is 0 Å². The van der Waals surface area contributed by atoms with Gasteiger partial charge in [0.15, 0.2) is 0 Å². The Hall–Kier alpha value is -4.64. The minimum atomic E-state index is -4.19. The average molecular weight is 493 g/mol. The second-order valence-corrected chi connectivity index (χ2v) is 9.05. The molecule has 0 aliphatic heterocycles. The van der Waals surface area contributed by atoms with Crippen LogP contribution in [0, 0.1) is 10.1 Å². The van der Waals surface area contributed by atoms with Gasteiger partial charge in [0.05, 0.1) is 22.6 Å². The summed E-state index contributed by atoms with van der Waals surface area (Å²) in [5.74, 6) is -0.393. The third-order valence-corrected chi connectivity index (χ3v) is 6.41. The standard InChI is InChI=1S/C24H20N4O6S/c1-34-23-11-10-20(28(30)31)16-22(23)26-35(32,33)21-9-4-6-17(14-21)24(29)25-18-7-5-8-19(15-18)27-12-2-3-13-27/h2-16,26H,1H3,(H,25,29). The first-order chi connectivity index (χ1) is 16.8. The van der Waals surface area contributed by atoms with E-state index in [9.17, 15) is 23.3 Å². The Labute approximate surface area is 201 Å². The van der Waals surface area contributed by atoms with Gasteiger partial charge in [0.25, 0.3) is 21.6 Å². The van der Waals surface area contributed by atoms with Gasteiger partial charge in [0.2, 0.25) is 0 Å². The number of nitrogens with zero attached hydrogens (tertiary/aromatic N) is 2. The zero-order valence-corrected chi connectivity index (χ0v) is 19.2. The summed E-state index contributed by atoms with van der Waals surface area (Å²) < 4.78 is 35.3. The Kier molecular flexibility index (Phi) is 6.51. The molecule has 0 unspecified atom stereocenters. The summed E-state index contributed by atoms with van der Waals surface area (Å²) in [6.07, 6.45) is 3.75. The molecule has 0 saturated carbocycles. The van der Waals surface area contributed by atoms with Gasteiger partial charge in [0.1, 0.15) is 5.75 Å². The highest BCUT2D eigenvalue weighted by molar-refractivity contribution is 7.92. The van der Waals surface area contributed by atoms with Gasteiger partial charge in [0, 0.05) is 41.5 Å². The summed E-state index contributed by atoms with van der Waals surface area (Å²) >= 11 is 0. The zero-order valence-electron chi connectivity index (χ0n) is 18.4. The SMILES string of the molecule is COc1ccc([N+](=O)[O-])cc1NS(=O)(=O)c1cccc(C(=O)Nc2cccc(-n3cccc3)c2)c1. The van der Waals surface area contributed by atoms with Crippen LogP contribution in [0.4, 0.5) is 17.1 Å². The lowest BCUT2D eigenvalue weighted by Crippen LogP contribution is -2.16. The molecule has 178 valence electrons. The van der Waals surface area contributed by atoms with Gasteiger partial charge >= 0.3 is 0 Å². The lowest BCUT2D eigenvalue weighted by molar-refractivity contribution is -0.384. The number of hydrogen-bond acceptors (Lipinski definition) is 6. The van der Waals surface area contributed by atoms with Crippen molar-refractivity contribution in [2.75, 3.05) is 17.1 Å². The van der Waals surface area contributed by atoms with Gasteiger partial charge in [-0.1, -0.05) is 12.1 Å². The summed E-state index contributed by atoms with van der Waals surface area (Å²) in [4.78, 5) is 23.1. The van der Waals surface area contributed by atoms with Crippen LogP contribution in [0.1, 0.15) is 10.4 Å². The fourth-order valence-corrected chi connectivity index (χ4v) is 4.46. The summed E-state index contributed by atoms with van der Waals surface area (Å²) in [7, 11) is -2.87. The minimum absolute atomic E-state index is 0.0987. The lowest BCUT2D eigenvalue weighted by atomic mass is 10.2. The van der Waals surface area contributed by atoms with E-state index in [1.54, 1.807) is 18.2 Å². The number of ether oxygens (including phenoxy) is 1. The maximum atomic E-state index is 13.0. The third-order valence-electron chi connectivity index (χ3n) is 5.05. The van der Waals surface area contributed by atoms with Crippen LogP contribution in [0.15, 0.2) is 96.2 Å². The number of sulfonamides is 1. The molecular formula is C24H20N4O6S. The monoisotopic (exact) mass is 492 g/mol. The summed E-state index contributed by atoms with van der Waals surface area (Å²) in [5, 5.41) is 13.9. The van der Waals surface area contributed by atoms with Gasteiger partial charge < -0.3 is 14.6 Å². The van der Waals surface area contributed by atoms with Crippen molar-refractivity contribution in [3.63, 3.8) is 0 Å². The van der Waals surface area contributed by atoms with Crippen LogP contribution < -0.4 is 14.8 Å². The van der Waals surface area contributed by atoms with Crippen molar-refractivity contribution in [2.45, 2.75) is 4.90 Å². The van der Waals surface area contributed by atoms with E-state index in [0.29, 0.717) is 5.69 Å². The second kappa shape index (κ2) is 9.69. The Morgan fingerprint density at radius 1 is 0.971 bits per heavy atom. The van der Waals surface area contributed by atoms with Crippen LogP contribution >= 0.6 is 0 Å². The van der Waals surface area contributed by atoms with Crippen LogP contribution in [-0.2, 0) is 10.0 Å². The molecule has 11 heteroatoms. The van der Waals surface area contributed by atoms with E-state index >= 15 is 0 Å². The Morgan fingerprint density at radius 3 is 2.43 bits per heavy atom. The fraction of sp³-hybridized carbons (Fsp3) is 0.0417. The van der Waals surface area contributed by atoms with E-state index in [4.69, 9.17) is 4.74 Å². The van der Waals surface area contributed by atoms with Gasteiger partial charge in [-0.3, -0.25) is 19.6 Å². The molecule has 0 spiro atoms. The van der Waals surface area contributed by atoms with E-state index in [1.807, 2.05) is 35.2 Å². The molecule has 1 amide bonds. The zero-order chi connectivity index (χ0) is 25.0. The molecule has 0 bridgehead atoms. The number of nitro benzene ring substituents is 1. The predicted molar refractivity (Wildman–Crippen MR) is 131 cm³/mol. The maximum absolute atomic E-state index is 13.0. The van der Waals surface area contributed by atoms with Crippen molar-refractivity contribution in [3.8, 4) is 11.4 Å². The molecule has 35 heavy (non-hydrogen) atoms. The highest BCUT2D eigenvalue weighted by Gasteiger charge is 2.20. The molecule has 0 aliphatic carbocycles. The van der Waals surface area contributed by atoms with E-state index in [-0.39, 0.29) is 27.6 Å². The highest BCUT2D eigenvalue weighted by Crippen LogP contribution is 2.31. The van der Waals surface area contributed by atoms with Crippen LogP contribution in [-0.4, -0.2) is 30.9 Å². The molecule has 2 N–H and O–H groups in total. The smallest absolute Gasteiger partial charge is 0.271 e. The van der Waals surface area contributed by atoms with Crippen molar-refractivity contribution in [3.05, 3.63) is 107 Å². The summed E-state index contributed by atoms with van der Waals surface area (Å²) in [5.41, 5.74) is 1.09. The Morgan fingerprint density at radius 2 is 1.71 bits per heavy atom. The first kappa shape index (κ1) is 23.5. The van der Waals surface area contributed by atoms with Crippen LogP contribution in [0.5, 0.6) is 5.75 Å². The predicted octanol–water partition coefficient (Wildman–Crippen LogP) is 4.45. The van der Waals surface area contributed by atoms with Crippen LogP contribution in [0.25, 0.3) is 5.69 Å². The number of aromatic nitrogens is 1. The number of nitrogens with one attached hydrogen (secondary N) is 2. The largest absolute Gasteiger partial charge is 0.495 e. The highest BCUT2D eigenvalue weighted by atomic mass is 32.2. The number of methoxy groups -OCH3 is 1. The van der Waals surface area contributed by atoms with E-state index in [0.717, 1.165) is 11.8 Å². The molecule has 0 atom stereocenters. The normalized spacial score (nSPS) is 11.0. The second-order valence-electron chi connectivity index (χ2n) is 7.37. The van der Waals surface area contributed by atoms with Crippen molar-refractivity contribution in [2.24, 2.45) is 0 Å². The molecule has 0 radical (unpaired) electrons. The van der Waals surface area contributed by atoms with Crippen molar-refractivity contribution in [1.82, 2.24) is 4.57 Å². The van der Waals surface area contributed by atoms with Crippen molar-refractivity contribution >= 4 is 33.0 Å². The molecule has 1 aromatic heterocycles. The molecule has 10 nitrogen and oxygen atoms in total. The van der Waals surface area contributed by atoms with Gasteiger partial charge in [-0.15, -0.1) is 0 Å². The topological polar surface area (TPSA) is 133 Å². The number of carbonyl (C=O) groups excluding carboxylic acids is 1. The number of nitro groups is 1. The van der Waals surface area contributed by atoms with Gasteiger partial charge in [-0.05, 0) is 54.6 Å². The number of non-ortho nitro benzene ring substituents is 1. The summed E-state index contributed by atoms with van der Waals surface area (Å²) in [6, 6.07) is 20.0. The van der Waals surface area contributed by atoms with Crippen molar-refractivity contribution in [1.29, 1.82) is 0 Å². The van der Waals surface area contributed by atoms with E-state index in [1.165, 1.54) is 43.5 Å². The Balaban J connectivity index is 1.57. The molecule has 0 fully saturated rings. The van der Waals surface area contributed by atoms with Gasteiger partial charge in [-0.2, -0.15) is 0 Å². The number of hydrogen-bond donors (Lipinski definition) is 2. The molecule has 0 saturated heterocycles. The summed E-state index contributed by atoms with van der Waals surface area (Å²) in [6.45, 7) is 0. The number of anilines is 2. The molecule has 0 aliphatic rings. The minimum Gasteiger partial charge on any atom is -0.495 e. The number of benzene rings is 3. The van der Waals surface area contributed by atoms with E-state index in [2.05, 4.69) is 10.0 Å². The van der Waals surface area contributed by atoms with Crippen LogP contribution in [0.2, 0.25) is 0 Å². The Bertz CT molecular complexity index is 1500. The molecule has 3 aromatic carbocycles. The number of amides is 1.